The highest BCUT2D eigenvalue weighted by Crippen LogP contribution is 2.46. The lowest BCUT2D eigenvalue weighted by atomic mass is 10.2. The molecule has 4 heteroatoms. The van der Waals surface area contributed by atoms with E-state index in [2.05, 4.69) is 15.9 Å². The van der Waals surface area contributed by atoms with Crippen LogP contribution in [-0.2, 0) is 4.74 Å². The molecular weight excluding hydrogens is 270 g/mol. The molecule has 0 radical (unpaired) electrons. The van der Waals surface area contributed by atoms with Crippen LogP contribution in [0.25, 0.3) is 0 Å². The lowest BCUT2D eigenvalue weighted by Crippen LogP contribution is -2.43. The van der Waals surface area contributed by atoms with Gasteiger partial charge in [0.25, 0.3) is 0 Å². The number of hydrogen-bond donors (Lipinski definition) is 0. The Morgan fingerprint density at radius 3 is 2.75 bits per heavy atom. The van der Waals surface area contributed by atoms with Crippen molar-refractivity contribution in [1.82, 2.24) is 0 Å². The summed E-state index contributed by atoms with van der Waals surface area (Å²) in [5.41, 5.74) is 0.800. The van der Waals surface area contributed by atoms with E-state index in [1.807, 2.05) is 24.3 Å². The monoisotopic (exact) mass is 281 g/mol. The minimum absolute atomic E-state index is 0.0976. The molecule has 1 saturated heterocycles. The van der Waals surface area contributed by atoms with E-state index >= 15 is 0 Å². The molecular formula is C12H12BrNO2. The Morgan fingerprint density at radius 1 is 1.31 bits per heavy atom. The van der Waals surface area contributed by atoms with Gasteiger partial charge in [-0.25, -0.2) is 4.79 Å². The predicted molar refractivity (Wildman–Crippen MR) is 64.6 cm³/mol. The lowest BCUT2D eigenvalue weighted by Gasteiger charge is -2.32. The van der Waals surface area contributed by atoms with Gasteiger partial charge in [0, 0.05) is 23.1 Å². The number of nitrogens with zero attached hydrogens (tertiary/aromatic N) is 1. The molecule has 2 aliphatic rings. The molecule has 1 saturated carbocycles. The van der Waals surface area contributed by atoms with E-state index in [4.69, 9.17) is 4.74 Å². The van der Waals surface area contributed by atoms with Crippen molar-refractivity contribution in [1.29, 1.82) is 0 Å². The van der Waals surface area contributed by atoms with Gasteiger partial charge in [-0.05, 0) is 31.0 Å². The third-order valence-electron chi connectivity index (χ3n) is 3.24. The van der Waals surface area contributed by atoms with Gasteiger partial charge < -0.3 is 4.74 Å². The summed E-state index contributed by atoms with van der Waals surface area (Å²) in [4.78, 5) is 13.6. The van der Waals surface area contributed by atoms with Gasteiger partial charge in [0.2, 0.25) is 0 Å². The summed E-state index contributed by atoms with van der Waals surface area (Å²) in [5.74, 6) is 0. The first-order valence-corrected chi connectivity index (χ1v) is 6.24. The van der Waals surface area contributed by atoms with Crippen molar-refractivity contribution >= 4 is 27.7 Å². The SMILES string of the molecule is O=C1OC2(CCN1c1cccc(Br)c1)CC2. The minimum atomic E-state index is -0.207. The average molecular weight is 282 g/mol. The quantitative estimate of drug-likeness (QED) is 0.790. The van der Waals surface area contributed by atoms with Crippen LogP contribution in [0.2, 0.25) is 0 Å². The minimum Gasteiger partial charge on any atom is -0.442 e. The Balaban J connectivity index is 1.83. The van der Waals surface area contributed by atoms with Gasteiger partial charge in [-0.2, -0.15) is 0 Å². The van der Waals surface area contributed by atoms with Crippen molar-refractivity contribution in [2.75, 3.05) is 11.4 Å². The fourth-order valence-electron chi connectivity index (χ4n) is 2.07. The average Bonchev–Trinajstić information content (AvgIpc) is 2.98. The molecule has 16 heavy (non-hydrogen) atoms. The predicted octanol–water partition coefficient (Wildman–Crippen LogP) is 3.33. The van der Waals surface area contributed by atoms with E-state index in [0.29, 0.717) is 0 Å². The zero-order valence-electron chi connectivity index (χ0n) is 8.78. The van der Waals surface area contributed by atoms with Crippen molar-refractivity contribution in [3.8, 4) is 0 Å². The smallest absolute Gasteiger partial charge is 0.414 e. The molecule has 0 bridgehead atoms. The second-order valence-corrected chi connectivity index (χ2v) is 5.35. The van der Waals surface area contributed by atoms with Gasteiger partial charge in [-0.1, -0.05) is 22.0 Å². The van der Waals surface area contributed by atoms with E-state index < -0.39 is 0 Å². The number of carbonyl (C=O) groups excluding carboxylic acids is 1. The third kappa shape index (κ3) is 1.71. The maximum Gasteiger partial charge on any atom is 0.414 e. The highest BCUT2D eigenvalue weighted by molar-refractivity contribution is 9.10. The van der Waals surface area contributed by atoms with Crippen LogP contribution >= 0.6 is 15.9 Å². The van der Waals surface area contributed by atoms with Crippen LogP contribution in [0.3, 0.4) is 0 Å². The summed E-state index contributed by atoms with van der Waals surface area (Å²) in [7, 11) is 0. The van der Waals surface area contributed by atoms with Crippen LogP contribution in [-0.4, -0.2) is 18.2 Å². The van der Waals surface area contributed by atoms with Crippen molar-refractivity contribution in [2.45, 2.75) is 24.9 Å². The Morgan fingerprint density at radius 2 is 2.12 bits per heavy atom. The first-order chi connectivity index (χ1) is 7.69. The molecule has 84 valence electrons. The van der Waals surface area contributed by atoms with E-state index in [1.165, 1.54) is 0 Å². The molecule has 3 rings (SSSR count). The van der Waals surface area contributed by atoms with Crippen molar-refractivity contribution in [3.63, 3.8) is 0 Å². The number of hydrogen-bond acceptors (Lipinski definition) is 2. The van der Waals surface area contributed by atoms with E-state index in [9.17, 15) is 4.79 Å². The highest BCUT2D eigenvalue weighted by Gasteiger charge is 2.50. The first-order valence-electron chi connectivity index (χ1n) is 5.45. The summed E-state index contributed by atoms with van der Waals surface area (Å²) in [5, 5.41) is 0. The molecule has 1 aliphatic carbocycles. The molecule has 1 aliphatic heterocycles. The number of anilines is 1. The van der Waals surface area contributed by atoms with Gasteiger partial charge in [-0.3, -0.25) is 4.90 Å². The Labute approximate surface area is 103 Å². The van der Waals surface area contributed by atoms with Gasteiger partial charge in [0.05, 0.1) is 0 Å². The number of rotatable bonds is 1. The number of benzene rings is 1. The molecule has 1 aromatic rings. The van der Waals surface area contributed by atoms with Crippen LogP contribution in [0.15, 0.2) is 28.7 Å². The van der Waals surface area contributed by atoms with E-state index in [0.717, 1.165) is 36.0 Å². The van der Waals surface area contributed by atoms with Crippen molar-refractivity contribution < 1.29 is 9.53 Å². The number of ether oxygens (including phenoxy) is 1. The molecule has 0 unspecified atom stereocenters. The summed E-state index contributed by atoms with van der Waals surface area (Å²) >= 11 is 3.40. The van der Waals surface area contributed by atoms with Crippen LogP contribution in [0, 0.1) is 0 Å². The van der Waals surface area contributed by atoms with E-state index in [-0.39, 0.29) is 11.7 Å². The van der Waals surface area contributed by atoms with Crippen LogP contribution in [0.4, 0.5) is 10.5 Å². The molecule has 0 atom stereocenters. The third-order valence-corrected chi connectivity index (χ3v) is 3.74. The second-order valence-electron chi connectivity index (χ2n) is 4.43. The van der Waals surface area contributed by atoms with Gasteiger partial charge in [0.1, 0.15) is 5.60 Å². The maximum atomic E-state index is 11.9. The summed E-state index contributed by atoms with van der Waals surface area (Å²) in [6.45, 7) is 0.759. The largest absolute Gasteiger partial charge is 0.442 e. The van der Waals surface area contributed by atoms with Crippen LogP contribution < -0.4 is 4.90 Å². The zero-order valence-corrected chi connectivity index (χ0v) is 10.4. The van der Waals surface area contributed by atoms with Gasteiger partial charge in [-0.15, -0.1) is 0 Å². The fraction of sp³-hybridized carbons (Fsp3) is 0.417. The molecule has 1 amide bonds. The first kappa shape index (κ1) is 10.1. The Kier molecular flexibility index (Phi) is 2.21. The Hall–Kier alpha value is -1.03. The molecule has 3 nitrogen and oxygen atoms in total. The molecule has 1 heterocycles. The van der Waals surface area contributed by atoms with E-state index in [1.54, 1.807) is 4.90 Å². The van der Waals surface area contributed by atoms with Crippen LogP contribution in [0.5, 0.6) is 0 Å². The molecule has 0 N–H and O–H groups in total. The number of halogens is 1. The number of carbonyl (C=O) groups is 1. The zero-order chi connectivity index (χ0) is 11.2. The highest BCUT2D eigenvalue weighted by atomic mass is 79.9. The van der Waals surface area contributed by atoms with Gasteiger partial charge >= 0.3 is 6.09 Å². The molecule has 1 aromatic carbocycles. The summed E-state index contributed by atoms with van der Waals surface area (Å²) < 4.78 is 6.44. The topological polar surface area (TPSA) is 29.5 Å². The van der Waals surface area contributed by atoms with Crippen molar-refractivity contribution in [2.24, 2.45) is 0 Å². The van der Waals surface area contributed by atoms with Crippen molar-refractivity contribution in [3.05, 3.63) is 28.7 Å². The maximum absolute atomic E-state index is 11.9. The standard InChI is InChI=1S/C12H12BrNO2/c13-9-2-1-3-10(8-9)14-7-6-12(4-5-12)16-11(14)15/h1-3,8H,4-7H2. The molecule has 0 aromatic heterocycles. The molecule has 1 spiro atoms. The fourth-order valence-corrected chi connectivity index (χ4v) is 2.46. The molecule has 2 fully saturated rings. The lowest BCUT2D eigenvalue weighted by molar-refractivity contribution is 0.0683. The summed E-state index contributed by atoms with van der Waals surface area (Å²) in [6.07, 6.45) is 2.81. The van der Waals surface area contributed by atoms with Crippen LogP contribution in [0.1, 0.15) is 19.3 Å². The summed E-state index contributed by atoms with van der Waals surface area (Å²) in [6, 6.07) is 7.73. The number of amides is 1. The van der Waals surface area contributed by atoms with Gasteiger partial charge in [0.15, 0.2) is 0 Å². The normalized spacial score (nSPS) is 22.1. The second kappa shape index (κ2) is 3.48. The Bertz CT molecular complexity index is 442.